The summed E-state index contributed by atoms with van der Waals surface area (Å²) in [6.07, 6.45) is -1.41. The number of aromatic amines is 1. The number of carbonyl (C=O) groups is 2. The van der Waals surface area contributed by atoms with Gasteiger partial charge in [0.1, 0.15) is 11.6 Å². The Kier molecular flexibility index (Phi) is 8.70. The zero-order valence-electron chi connectivity index (χ0n) is 23.4. The summed E-state index contributed by atoms with van der Waals surface area (Å²) in [5.74, 6) is -0.864. The Labute approximate surface area is 234 Å². The fourth-order valence-electron chi connectivity index (χ4n) is 4.69. The van der Waals surface area contributed by atoms with Crippen LogP contribution in [-0.2, 0) is 9.53 Å². The highest BCUT2D eigenvalue weighted by Crippen LogP contribution is 2.32. The van der Waals surface area contributed by atoms with Crippen LogP contribution in [-0.4, -0.2) is 38.9 Å². The molecule has 4 N–H and O–H groups in total. The van der Waals surface area contributed by atoms with Crippen LogP contribution in [0.2, 0.25) is 0 Å². The van der Waals surface area contributed by atoms with Gasteiger partial charge in [-0.3, -0.25) is 9.89 Å². The van der Waals surface area contributed by atoms with E-state index in [4.69, 9.17) is 4.74 Å². The largest absolute Gasteiger partial charge is 0.444 e. The normalized spacial score (nSPS) is 13.0. The van der Waals surface area contributed by atoms with E-state index in [-0.39, 0.29) is 5.91 Å². The molecule has 2 unspecified atom stereocenters. The van der Waals surface area contributed by atoms with Gasteiger partial charge in [-0.1, -0.05) is 72.8 Å². The number of anilines is 1. The van der Waals surface area contributed by atoms with Crippen molar-refractivity contribution in [3.63, 3.8) is 0 Å². The van der Waals surface area contributed by atoms with Crippen molar-refractivity contribution in [2.45, 2.75) is 58.3 Å². The Morgan fingerprint density at radius 3 is 1.95 bits per heavy atom. The second-order valence-corrected chi connectivity index (χ2v) is 10.8. The molecule has 0 aliphatic carbocycles. The summed E-state index contributed by atoms with van der Waals surface area (Å²) in [6.45, 7) is 8.89. The van der Waals surface area contributed by atoms with Crippen LogP contribution in [0.5, 0.6) is 0 Å². The van der Waals surface area contributed by atoms with E-state index in [0.717, 1.165) is 27.9 Å². The number of H-pyrrole nitrogens is 1. The summed E-state index contributed by atoms with van der Waals surface area (Å²) in [6, 6.07) is 25.5. The van der Waals surface area contributed by atoms with E-state index in [2.05, 4.69) is 20.8 Å². The van der Waals surface area contributed by atoms with Crippen molar-refractivity contribution in [1.29, 1.82) is 0 Å². The molecule has 0 fully saturated rings. The summed E-state index contributed by atoms with van der Waals surface area (Å²) in [4.78, 5) is 26.8. The number of hydrogen-bond acceptors (Lipinski definition) is 5. The molecule has 1 heterocycles. The van der Waals surface area contributed by atoms with E-state index in [0.29, 0.717) is 11.4 Å². The fourth-order valence-corrected chi connectivity index (χ4v) is 4.69. The van der Waals surface area contributed by atoms with Crippen LogP contribution in [0.1, 0.15) is 62.2 Å². The first-order chi connectivity index (χ1) is 19.0. The lowest BCUT2D eigenvalue weighted by Crippen LogP contribution is -2.49. The van der Waals surface area contributed by atoms with Gasteiger partial charge in [0.2, 0.25) is 5.91 Å². The number of aliphatic hydroxyl groups excluding tert-OH is 1. The monoisotopic (exact) mass is 540 g/mol. The van der Waals surface area contributed by atoms with Gasteiger partial charge in [-0.2, -0.15) is 5.10 Å². The van der Waals surface area contributed by atoms with E-state index < -0.39 is 29.8 Å². The van der Waals surface area contributed by atoms with Crippen molar-refractivity contribution >= 4 is 17.7 Å². The van der Waals surface area contributed by atoms with Crippen molar-refractivity contribution in [2.24, 2.45) is 0 Å². The molecule has 2 atom stereocenters. The minimum atomic E-state index is -0.975. The average Bonchev–Trinajstić information content (AvgIpc) is 3.30. The molecule has 0 saturated heterocycles. The van der Waals surface area contributed by atoms with Crippen LogP contribution in [0.3, 0.4) is 0 Å². The van der Waals surface area contributed by atoms with Gasteiger partial charge in [-0.15, -0.1) is 0 Å². The first-order valence-electron chi connectivity index (χ1n) is 13.3. The highest BCUT2D eigenvalue weighted by molar-refractivity contribution is 5.98. The number of aryl methyl sites for hydroxylation is 1. The minimum absolute atomic E-state index is 0.388. The van der Waals surface area contributed by atoms with Gasteiger partial charge in [0, 0.05) is 22.9 Å². The van der Waals surface area contributed by atoms with E-state index in [1.54, 1.807) is 39.8 Å². The summed E-state index contributed by atoms with van der Waals surface area (Å²) in [5.41, 5.74) is 4.66. The number of nitrogens with one attached hydrogen (secondary N) is 3. The molecule has 1 aromatic heterocycles. The maximum absolute atomic E-state index is 13.9. The molecule has 208 valence electrons. The number of hydrogen-bond donors (Lipinski definition) is 4. The number of ether oxygens (including phenoxy) is 1. The third-order valence-corrected chi connectivity index (χ3v) is 6.42. The molecule has 0 bridgehead atoms. The Hall–Kier alpha value is -4.43. The van der Waals surface area contributed by atoms with Crippen LogP contribution in [0.15, 0.2) is 84.9 Å². The molecule has 8 nitrogen and oxygen atoms in total. The van der Waals surface area contributed by atoms with Crippen molar-refractivity contribution in [3.8, 4) is 11.1 Å². The molecule has 0 saturated carbocycles. The predicted octanol–water partition coefficient (Wildman–Crippen LogP) is 6.10. The molecule has 3 aromatic carbocycles. The van der Waals surface area contributed by atoms with E-state index in [9.17, 15) is 14.7 Å². The Morgan fingerprint density at radius 2 is 1.45 bits per heavy atom. The Balaban J connectivity index is 1.67. The smallest absolute Gasteiger partial charge is 0.408 e. The van der Waals surface area contributed by atoms with Crippen molar-refractivity contribution in [2.75, 3.05) is 5.32 Å². The van der Waals surface area contributed by atoms with E-state index >= 15 is 0 Å². The third-order valence-electron chi connectivity index (χ3n) is 6.42. The Morgan fingerprint density at radius 1 is 0.900 bits per heavy atom. The zero-order valence-corrected chi connectivity index (χ0v) is 23.4. The number of nitrogens with zero attached hydrogens (tertiary/aromatic N) is 1. The average molecular weight is 541 g/mol. The summed E-state index contributed by atoms with van der Waals surface area (Å²) in [7, 11) is 0. The fraction of sp³-hybridized carbons (Fsp3) is 0.281. The van der Waals surface area contributed by atoms with Gasteiger partial charge in [-0.05, 0) is 63.4 Å². The second-order valence-electron chi connectivity index (χ2n) is 10.8. The molecule has 8 heteroatoms. The van der Waals surface area contributed by atoms with Crippen molar-refractivity contribution in [3.05, 3.63) is 107 Å². The molecule has 0 spiro atoms. The first-order valence-corrected chi connectivity index (χ1v) is 13.3. The highest BCUT2D eigenvalue weighted by Gasteiger charge is 2.34. The molecular weight excluding hydrogens is 504 g/mol. The highest BCUT2D eigenvalue weighted by atomic mass is 16.6. The van der Waals surface area contributed by atoms with Crippen LogP contribution in [0.25, 0.3) is 11.1 Å². The SMILES string of the molecule is Cc1[nH]nc(C(C)O)c1-c1ccc(NC(=O)C(NC(=O)OC(C)(C)C)C(c2ccccc2)c2ccccc2)cc1. The summed E-state index contributed by atoms with van der Waals surface area (Å²) < 4.78 is 5.53. The molecule has 0 radical (unpaired) electrons. The van der Waals surface area contributed by atoms with Gasteiger partial charge in [0.05, 0.1) is 11.8 Å². The lowest BCUT2D eigenvalue weighted by molar-refractivity contribution is -0.118. The van der Waals surface area contributed by atoms with Gasteiger partial charge < -0.3 is 20.5 Å². The summed E-state index contributed by atoms with van der Waals surface area (Å²) >= 11 is 0. The van der Waals surface area contributed by atoms with Crippen LogP contribution in [0.4, 0.5) is 10.5 Å². The second kappa shape index (κ2) is 12.2. The molecule has 2 amide bonds. The molecular formula is C32H36N4O4. The molecule has 4 aromatic rings. The first kappa shape index (κ1) is 28.6. The van der Waals surface area contributed by atoms with Crippen LogP contribution in [0, 0.1) is 6.92 Å². The van der Waals surface area contributed by atoms with Crippen molar-refractivity contribution in [1.82, 2.24) is 15.5 Å². The molecule has 40 heavy (non-hydrogen) atoms. The van der Waals surface area contributed by atoms with E-state index in [1.807, 2.05) is 79.7 Å². The number of aliphatic hydroxyl groups is 1. The van der Waals surface area contributed by atoms with Crippen LogP contribution < -0.4 is 10.6 Å². The Bertz CT molecular complexity index is 1390. The number of rotatable bonds is 8. The molecule has 0 aliphatic rings. The van der Waals surface area contributed by atoms with E-state index in [1.165, 1.54) is 0 Å². The maximum Gasteiger partial charge on any atom is 0.408 e. The zero-order chi connectivity index (χ0) is 28.9. The number of alkyl carbamates (subject to hydrolysis) is 1. The lowest BCUT2D eigenvalue weighted by Gasteiger charge is -2.29. The van der Waals surface area contributed by atoms with Gasteiger partial charge in [0.15, 0.2) is 0 Å². The topological polar surface area (TPSA) is 116 Å². The lowest BCUT2D eigenvalue weighted by atomic mass is 9.84. The standard InChI is InChI=1S/C32H36N4O4/c1-20-26(28(21(2)37)36-35-20)24-16-18-25(19-17-24)33-30(38)29(34-31(39)40-32(3,4)5)27(22-12-8-6-9-13-22)23-14-10-7-11-15-23/h6-19,21,27,29,37H,1-5H3,(H,33,38)(H,34,39)(H,35,36). The van der Waals surface area contributed by atoms with Crippen LogP contribution >= 0.6 is 0 Å². The predicted molar refractivity (Wildman–Crippen MR) is 156 cm³/mol. The van der Waals surface area contributed by atoms with Gasteiger partial charge in [0.25, 0.3) is 0 Å². The number of carbonyl (C=O) groups excluding carboxylic acids is 2. The third kappa shape index (κ3) is 6.95. The van der Waals surface area contributed by atoms with Gasteiger partial charge in [-0.25, -0.2) is 4.79 Å². The van der Waals surface area contributed by atoms with Crippen molar-refractivity contribution < 1.29 is 19.4 Å². The summed E-state index contributed by atoms with van der Waals surface area (Å²) in [5, 5.41) is 23.1. The maximum atomic E-state index is 13.9. The number of amides is 2. The molecule has 0 aliphatic heterocycles. The number of benzene rings is 3. The minimum Gasteiger partial charge on any atom is -0.444 e. The quantitative estimate of drug-likeness (QED) is 0.215. The van der Waals surface area contributed by atoms with Gasteiger partial charge >= 0.3 is 6.09 Å². The molecule has 4 rings (SSSR count). The number of aromatic nitrogens is 2.